The van der Waals surface area contributed by atoms with Crippen molar-refractivity contribution in [2.45, 2.75) is 19.8 Å². The number of esters is 1. The number of nitrogens with zero attached hydrogens (tertiary/aromatic N) is 2. The minimum atomic E-state index is -0.130. The number of methoxy groups -OCH3 is 1. The van der Waals surface area contributed by atoms with E-state index >= 15 is 0 Å². The molecule has 4 heteroatoms. The summed E-state index contributed by atoms with van der Waals surface area (Å²) in [6.45, 7) is 3.57. The van der Waals surface area contributed by atoms with Gasteiger partial charge in [0.2, 0.25) is 0 Å². The van der Waals surface area contributed by atoms with Crippen molar-refractivity contribution in [1.29, 1.82) is 5.26 Å². The minimum absolute atomic E-state index is 0.0466. The van der Waals surface area contributed by atoms with E-state index in [0.29, 0.717) is 12.1 Å². The summed E-state index contributed by atoms with van der Waals surface area (Å²) in [5.41, 5.74) is 2.75. The van der Waals surface area contributed by atoms with Crippen molar-refractivity contribution in [2.75, 3.05) is 25.1 Å². The van der Waals surface area contributed by atoms with E-state index in [0.717, 1.165) is 30.6 Å². The number of aryl methyl sites for hydroxylation is 1. The van der Waals surface area contributed by atoms with E-state index in [1.807, 2.05) is 25.1 Å². The van der Waals surface area contributed by atoms with E-state index in [4.69, 9.17) is 10.00 Å². The molecule has 0 amide bonds. The summed E-state index contributed by atoms with van der Waals surface area (Å²) >= 11 is 0. The van der Waals surface area contributed by atoms with E-state index in [-0.39, 0.29) is 11.9 Å². The molecule has 2 rings (SSSR count). The summed E-state index contributed by atoms with van der Waals surface area (Å²) in [7, 11) is 1.44. The number of ether oxygens (including phenoxy) is 1. The van der Waals surface area contributed by atoms with Gasteiger partial charge in [0.1, 0.15) is 0 Å². The molecule has 100 valence electrons. The largest absolute Gasteiger partial charge is 0.469 e. The molecule has 0 spiro atoms. The van der Waals surface area contributed by atoms with Crippen molar-refractivity contribution >= 4 is 11.7 Å². The average molecular weight is 258 g/mol. The zero-order valence-corrected chi connectivity index (χ0v) is 11.3. The maximum Gasteiger partial charge on any atom is 0.310 e. The molecule has 4 nitrogen and oxygen atoms in total. The van der Waals surface area contributed by atoms with E-state index in [1.165, 1.54) is 7.11 Å². The summed E-state index contributed by atoms with van der Waals surface area (Å²) < 4.78 is 4.83. The van der Waals surface area contributed by atoms with Gasteiger partial charge in [0, 0.05) is 18.8 Å². The molecule has 1 fully saturated rings. The average Bonchev–Trinajstić information content (AvgIpc) is 2.46. The molecule has 1 atom stereocenters. The van der Waals surface area contributed by atoms with Gasteiger partial charge < -0.3 is 9.64 Å². The van der Waals surface area contributed by atoms with Gasteiger partial charge >= 0.3 is 5.97 Å². The Kier molecular flexibility index (Phi) is 4.06. The van der Waals surface area contributed by atoms with Gasteiger partial charge in [-0.1, -0.05) is 0 Å². The van der Waals surface area contributed by atoms with Gasteiger partial charge in [-0.05, 0) is 43.5 Å². The molecule has 1 aliphatic rings. The number of piperidine rings is 1. The van der Waals surface area contributed by atoms with E-state index in [9.17, 15) is 4.79 Å². The Morgan fingerprint density at radius 1 is 1.53 bits per heavy atom. The molecule has 1 aromatic carbocycles. The zero-order valence-electron chi connectivity index (χ0n) is 11.3. The third-order valence-electron chi connectivity index (χ3n) is 3.65. The molecule has 1 aliphatic heterocycles. The molecule has 1 saturated heterocycles. The smallest absolute Gasteiger partial charge is 0.310 e. The topological polar surface area (TPSA) is 53.3 Å². The molecule has 19 heavy (non-hydrogen) atoms. The Morgan fingerprint density at radius 2 is 2.32 bits per heavy atom. The lowest BCUT2D eigenvalue weighted by atomic mass is 9.97. The predicted octanol–water partition coefficient (Wildman–Crippen LogP) is 2.26. The summed E-state index contributed by atoms with van der Waals surface area (Å²) in [6.07, 6.45) is 1.87. The van der Waals surface area contributed by atoms with Crippen LogP contribution in [0.25, 0.3) is 0 Å². The fourth-order valence-electron chi connectivity index (χ4n) is 2.54. The molecular weight excluding hydrogens is 240 g/mol. The first-order valence-electron chi connectivity index (χ1n) is 6.49. The first kappa shape index (κ1) is 13.4. The Hall–Kier alpha value is -2.02. The van der Waals surface area contributed by atoms with Crippen molar-refractivity contribution in [3.63, 3.8) is 0 Å². The lowest BCUT2D eigenvalue weighted by Crippen LogP contribution is -2.39. The van der Waals surface area contributed by atoms with Crippen molar-refractivity contribution in [1.82, 2.24) is 0 Å². The van der Waals surface area contributed by atoms with Crippen LogP contribution in [-0.2, 0) is 9.53 Å². The van der Waals surface area contributed by atoms with Crippen LogP contribution in [0.3, 0.4) is 0 Å². The number of rotatable bonds is 2. The maximum absolute atomic E-state index is 11.6. The highest BCUT2D eigenvalue weighted by atomic mass is 16.5. The molecule has 0 bridgehead atoms. The van der Waals surface area contributed by atoms with Gasteiger partial charge in [-0.25, -0.2) is 0 Å². The molecule has 0 aliphatic carbocycles. The number of carbonyl (C=O) groups is 1. The van der Waals surface area contributed by atoms with E-state index in [1.54, 1.807) is 0 Å². The van der Waals surface area contributed by atoms with Gasteiger partial charge in [-0.2, -0.15) is 5.26 Å². The number of anilines is 1. The third-order valence-corrected chi connectivity index (χ3v) is 3.65. The summed E-state index contributed by atoms with van der Waals surface area (Å²) in [5, 5.41) is 8.94. The molecule has 0 radical (unpaired) electrons. The molecular formula is C15H18N2O2. The van der Waals surface area contributed by atoms with Gasteiger partial charge in [-0.3, -0.25) is 4.79 Å². The highest BCUT2D eigenvalue weighted by Gasteiger charge is 2.26. The fraction of sp³-hybridized carbons (Fsp3) is 0.467. The van der Waals surface area contributed by atoms with Crippen molar-refractivity contribution in [3.05, 3.63) is 29.3 Å². The number of nitriles is 1. The lowest BCUT2D eigenvalue weighted by molar-refractivity contribution is -0.145. The Balaban J connectivity index is 2.16. The van der Waals surface area contributed by atoms with Gasteiger partial charge in [-0.15, -0.1) is 0 Å². The maximum atomic E-state index is 11.6. The second-order valence-electron chi connectivity index (χ2n) is 4.92. The second kappa shape index (κ2) is 5.75. The second-order valence-corrected chi connectivity index (χ2v) is 4.92. The molecule has 0 aromatic heterocycles. The normalized spacial score (nSPS) is 18.8. The fourth-order valence-corrected chi connectivity index (χ4v) is 2.54. The van der Waals surface area contributed by atoms with Crippen molar-refractivity contribution in [2.24, 2.45) is 5.92 Å². The Bertz CT molecular complexity index is 519. The van der Waals surface area contributed by atoms with E-state index < -0.39 is 0 Å². The van der Waals surface area contributed by atoms with E-state index in [2.05, 4.69) is 11.0 Å². The van der Waals surface area contributed by atoms with Gasteiger partial charge in [0.05, 0.1) is 24.7 Å². The van der Waals surface area contributed by atoms with Crippen LogP contribution in [0.1, 0.15) is 24.0 Å². The van der Waals surface area contributed by atoms with Crippen LogP contribution >= 0.6 is 0 Å². The van der Waals surface area contributed by atoms with Crippen LogP contribution in [0.2, 0.25) is 0 Å². The van der Waals surface area contributed by atoms with Crippen LogP contribution in [0.5, 0.6) is 0 Å². The SMILES string of the molecule is COC(=O)C1CCCN(c2ccc(C#N)c(C)c2)C1. The number of hydrogen-bond donors (Lipinski definition) is 0. The molecule has 0 N–H and O–H groups in total. The zero-order chi connectivity index (χ0) is 13.8. The number of benzene rings is 1. The lowest BCUT2D eigenvalue weighted by Gasteiger charge is -2.33. The monoisotopic (exact) mass is 258 g/mol. The minimum Gasteiger partial charge on any atom is -0.469 e. The first-order chi connectivity index (χ1) is 9.15. The quantitative estimate of drug-likeness (QED) is 0.763. The Morgan fingerprint density at radius 3 is 2.95 bits per heavy atom. The standard InChI is InChI=1S/C15H18N2O2/c1-11-8-14(6-5-12(11)9-16)17-7-3-4-13(10-17)15(18)19-2/h5-6,8,13H,3-4,7,10H2,1-2H3. The van der Waals surface area contributed by atoms with Crippen LogP contribution < -0.4 is 4.90 Å². The number of carbonyl (C=O) groups excluding carboxylic acids is 1. The summed E-state index contributed by atoms with van der Waals surface area (Å²) in [5.74, 6) is -0.176. The molecule has 1 aromatic rings. The third kappa shape index (κ3) is 2.87. The van der Waals surface area contributed by atoms with Crippen LogP contribution in [0.4, 0.5) is 5.69 Å². The molecule has 1 heterocycles. The Labute approximate surface area is 113 Å². The predicted molar refractivity (Wildman–Crippen MR) is 72.8 cm³/mol. The number of hydrogen-bond acceptors (Lipinski definition) is 4. The van der Waals surface area contributed by atoms with Crippen LogP contribution in [0.15, 0.2) is 18.2 Å². The van der Waals surface area contributed by atoms with Crippen LogP contribution in [-0.4, -0.2) is 26.2 Å². The van der Waals surface area contributed by atoms with Crippen molar-refractivity contribution in [3.8, 4) is 6.07 Å². The van der Waals surface area contributed by atoms with Gasteiger partial charge in [0.25, 0.3) is 0 Å². The summed E-state index contributed by atoms with van der Waals surface area (Å²) in [4.78, 5) is 13.8. The summed E-state index contributed by atoms with van der Waals surface area (Å²) in [6, 6.07) is 7.97. The highest BCUT2D eigenvalue weighted by Crippen LogP contribution is 2.25. The highest BCUT2D eigenvalue weighted by molar-refractivity contribution is 5.73. The van der Waals surface area contributed by atoms with Gasteiger partial charge in [0.15, 0.2) is 0 Å². The van der Waals surface area contributed by atoms with Crippen molar-refractivity contribution < 1.29 is 9.53 Å². The first-order valence-corrected chi connectivity index (χ1v) is 6.49. The molecule has 0 saturated carbocycles. The molecule has 1 unspecified atom stereocenters. The van der Waals surface area contributed by atoms with Crippen LogP contribution in [0, 0.1) is 24.2 Å².